The summed E-state index contributed by atoms with van der Waals surface area (Å²) >= 11 is 0. The molecule has 1 saturated heterocycles. The van der Waals surface area contributed by atoms with Crippen LogP contribution in [0.1, 0.15) is 29.0 Å². The van der Waals surface area contributed by atoms with Gasteiger partial charge in [-0.25, -0.2) is 14.6 Å². The van der Waals surface area contributed by atoms with Gasteiger partial charge in [0.1, 0.15) is 0 Å². The fourth-order valence-electron chi connectivity index (χ4n) is 3.68. The maximum absolute atomic E-state index is 12.8. The Hall–Kier alpha value is -2.96. The number of para-hydroxylation sites is 2. The number of nitrogens with zero attached hydrogens (tertiary/aromatic N) is 5. The largest absolute Gasteiger partial charge is 0.478 e. The molecule has 7 nitrogen and oxygen atoms in total. The van der Waals surface area contributed by atoms with Gasteiger partial charge >= 0.3 is 0 Å². The van der Waals surface area contributed by atoms with Gasteiger partial charge in [-0.15, -0.1) is 0 Å². The number of rotatable bonds is 3. The molecule has 1 aliphatic rings. The average Bonchev–Trinajstić information content (AvgIpc) is 3.04. The highest BCUT2D eigenvalue weighted by Gasteiger charge is 2.29. The van der Waals surface area contributed by atoms with Crippen LogP contribution < -0.4 is 9.64 Å². The van der Waals surface area contributed by atoms with Gasteiger partial charge in [-0.1, -0.05) is 12.1 Å². The quantitative estimate of drug-likeness (QED) is 0.710. The molecule has 27 heavy (non-hydrogen) atoms. The van der Waals surface area contributed by atoms with Crippen molar-refractivity contribution in [3.63, 3.8) is 0 Å². The number of aryl methyl sites for hydroxylation is 2. The Balaban J connectivity index is 1.53. The highest BCUT2D eigenvalue weighted by Crippen LogP contribution is 2.30. The zero-order valence-electron chi connectivity index (χ0n) is 15.8. The van der Waals surface area contributed by atoms with E-state index in [1.54, 1.807) is 11.8 Å². The number of carbonyl (C=O) groups excluding carboxylic acids is 1. The van der Waals surface area contributed by atoms with Gasteiger partial charge in [0.15, 0.2) is 5.82 Å². The van der Waals surface area contributed by atoms with Crippen LogP contribution in [0.5, 0.6) is 5.88 Å². The molecule has 0 unspecified atom stereocenters. The second-order valence-corrected chi connectivity index (χ2v) is 6.98. The van der Waals surface area contributed by atoms with Gasteiger partial charge in [0, 0.05) is 24.7 Å². The van der Waals surface area contributed by atoms with E-state index in [1.807, 2.05) is 44.2 Å². The highest BCUT2D eigenvalue weighted by molar-refractivity contribution is 5.82. The highest BCUT2D eigenvalue weighted by atomic mass is 16.5. The van der Waals surface area contributed by atoms with Crippen molar-refractivity contribution in [3.8, 4) is 5.88 Å². The molecule has 0 saturated carbocycles. The summed E-state index contributed by atoms with van der Waals surface area (Å²) in [6.45, 7) is 5.30. The lowest BCUT2D eigenvalue weighted by molar-refractivity contribution is 0.0793. The standard InChI is InChI=1S/C20H23N5O2/c1-13-12-14(2)25(23-13)20(26)15-8-10-24(11-9-15)18-19(27-3)22-17-7-5-4-6-16(17)21-18/h4-7,12,15H,8-11H2,1-3H3. The maximum atomic E-state index is 12.8. The lowest BCUT2D eigenvalue weighted by atomic mass is 9.96. The molecule has 0 N–H and O–H groups in total. The Morgan fingerprint density at radius 3 is 2.37 bits per heavy atom. The number of piperidine rings is 1. The molecular weight excluding hydrogens is 342 g/mol. The molecule has 0 bridgehead atoms. The van der Waals surface area contributed by atoms with Crippen LogP contribution in [0, 0.1) is 19.8 Å². The van der Waals surface area contributed by atoms with E-state index in [4.69, 9.17) is 9.72 Å². The lowest BCUT2D eigenvalue weighted by Crippen LogP contribution is -2.39. The molecule has 7 heteroatoms. The fourth-order valence-corrected chi connectivity index (χ4v) is 3.68. The van der Waals surface area contributed by atoms with Crippen molar-refractivity contribution in [2.45, 2.75) is 26.7 Å². The SMILES string of the molecule is COc1nc2ccccc2nc1N1CCC(C(=O)n2nc(C)cc2C)CC1. The van der Waals surface area contributed by atoms with E-state index in [9.17, 15) is 4.79 Å². The molecule has 1 fully saturated rings. The van der Waals surface area contributed by atoms with Crippen molar-refractivity contribution in [1.29, 1.82) is 0 Å². The van der Waals surface area contributed by atoms with Crippen LogP contribution in [0.25, 0.3) is 11.0 Å². The van der Waals surface area contributed by atoms with Crippen LogP contribution >= 0.6 is 0 Å². The van der Waals surface area contributed by atoms with Crippen molar-refractivity contribution in [2.24, 2.45) is 5.92 Å². The predicted molar refractivity (Wildman–Crippen MR) is 103 cm³/mol. The third-order valence-electron chi connectivity index (χ3n) is 5.08. The molecule has 0 radical (unpaired) electrons. The third kappa shape index (κ3) is 3.25. The van der Waals surface area contributed by atoms with Crippen LogP contribution in [-0.2, 0) is 0 Å². The normalized spacial score (nSPS) is 15.3. The second-order valence-electron chi connectivity index (χ2n) is 6.98. The molecule has 3 heterocycles. The fraction of sp³-hybridized carbons (Fsp3) is 0.400. The summed E-state index contributed by atoms with van der Waals surface area (Å²) in [6.07, 6.45) is 1.52. The number of aromatic nitrogens is 4. The zero-order chi connectivity index (χ0) is 19.0. The van der Waals surface area contributed by atoms with Crippen LogP contribution in [0.3, 0.4) is 0 Å². The van der Waals surface area contributed by atoms with Crippen molar-refractivity contribution >= 4 is 22.8 Å². The number of carbonyl (C=O) groups is 1. The van der Waals surface area contributed by atoms with E-state index in [0.29, 0.717) is 5.88 Å². The first-order valence-corrected chi connectivity index (χ1v) is 9.20. The molecule has 0 atom stereocenters. The van der Waals surface area contributed by atoms with Crippen LogP contribution in [0.2, 0.25) is 0 Å². The predicted octanol–water partition coefficient (Wildman–Crippen LogP) is 3.01. The number of anilines is 1. The topological polar surface area (TPSA) is 73.1 Å². The Kier molecular flexibility index (Phi) is 4.51. The number of hydrogen-bond acceptors (Lipinski definition) is 6. The second kappa shape index (κ2) is 6.98. The third-order valence-corrected chi connectivity index (χ3v) is 5.08. The summed E-state index contributed by atoms with van der Waals surface area (Å²) in [5, 5.41) is 4.34. The van der Waals surface area contributed by atoms with Gasteiger partial charge < -0.3 is 9.64 Å². The molecule has 0 spiro atoms. The summed E-state index contributed by atoms with van der Waals surface area (Å²) in [4.78, 5) is 24.3. The zero-order valence-corrected chi connectivity index (χ0v) is 15.8. The van der Waals surface area contributed by atoms with Crippen LogP contribution in [-0.4, -0.2) is 45.9 Å². The van der Waals surface area contributed by atoms with E-state index < -0.39 is 0 Å². The molecule has 0 amide bonds. The molecule has 4 rings (SSSR count). The number of hydrogen-bond donors (Lipinski definition) is 0. The van der Waals surface area contributed by atoms with Gasteiger partial charge in [-0.05, 0) is 44.9 Å². The van der Waals surface area contributed by atoms with E-state index >= 15 is 0 Å². The van der Waals surface area contributed by atoms with Crippen LogP contribution in [0.15, 0.2) is 30.3 Å². The van der Waals surface area contributed by atoms with Gasteiger partial charge in [0.2, 0.25) is 5.91 Å². The van der Waals surface area contributed by atoms with E-state index in [1.165, 1.54) is 0 Å². The van der Waals surface area contributed by atoms with Crippen molar-refractivity contribution < 1.29 is 9.53 Å². The summed E-state index contributed by atoms with van der Waals surface area (Å²) in [5.74, 6) is 1.32. The molecule has 1 aliphatic heterocycles. The monoisotopic (exact) mass is 365 g/mol. The Morgan fingerprint density at radius 1 is 1.11 bits per heavy atom. The first-order chi connectivity index (χ1) is 13.1. The van der Waals surface area contributed by atoms with Crippen molar-refractivity contribution in [3.05, 3.63) is 41.7 Å². The number of methoxy groups -OCH3 is 1. The van der Waals surface area contributed by atoms with Gasteiger partial charge in [-0.3, -0.25) is 4.79 Å². The molecule has 140 valence electrons. The molecule has 0 aliphatic carbocycles. The molecule has 1 aromatic carbocycles. The summed E-state index contributed by atoms with van der Waals surface area (Å²) in [5.41, 5.74) is 3.42. The summed E-state index contributed by atoms with van der Waals surface area (Å²) in [7, 11) is 1.61. The van der Waals surface area contributed by atoms with Crippen LogP contribution in [0.4, 0.5) is 5.82 Å². The minimum atomic E-state index is -0.0290. The minimum Gasteiger partial charge on any atom is -0.478 e. The number of ether oxygens (including phenoxy) is 1. The van der Waals surface area contributed by atoms with E-state index in [0.717, 1.165) is 54.2 Å². The smallest absolute Gasteiger partial charge is 0.257 e. The number of benzene rings is 1. The van der Waals surface area contributed by atoms with Gasteiger partial charge in [0.25, 0.3) is 5.88 Å². The molecular formula is C20H23N5O2. The lowest BCUT2D eigenvalue weighted by Gasteiger charge is -2.32. The first kappa shape index (κ1) is 17.5. The van der Waals surface area contributed by atoms with E-state index in [-0.39, 0.29) is 11.8 Å². The number of fused-ring (bicyclic) bond motifs is 1. The Morgan fingerprint density at radius 2 is 1.78 bits per heavy atom. The van der Waals surface area contributed by atoms with E-state index in [2.05, 4.69) is 15.0 Å². The maximum Gasteiger partial charge on any atom is 0.257 e. The Bertz CT molecular complexity index is 989. The molecule has 3 aromatic rings. The first-order valence-electron chi connectivity index (χ1n) is 9.20. The minimum absolute atomic E-state index is 0.0290. The van der Waals surface area contributed by atoms with Gasteiger partial charge in [0.05, 0.1) is 23.8 Å². The van der Waals surface area contributed by atoms with Gasteiger partial charge in [-0.2, -0.15) is 5.10 Å². The van der Waals surface area contributed by atoms with Crippen molar-refractivity contribution in [2.75, 3.05) is 25.1 Å². The summed E-state index contributed by atoms with van der Waals surface area (Å²) in [6, 6.07) is 9.69. The van der Waals surface area contributed by atoms with Crippen molar-refractivity contribution in [1.82, 2.24) is 19.7 Å². The average molecular weight is 365 g/mol. The molecule has 2 aromatic heterocycles. The Labute approximate surface area is 158 Å². The summed E-state index contributed by atoms with van der Waals surface area (Å²) < 4.78 is 7.02.